The third-order valence-electron chi connectivity index (χ3n) is 10.1. The Kier molecular flexibility index (Phi) is 7.25. The maximum Gasteiger partial charge on any atom is 0.435 e. The van der Waals surface area contributed by atoms with Crippen LogP contribution in [0.1, 0.15) is 84.3 Å². The predicted molar refractivity (Wildman–Crippen MR) is 125 cm³/mol. The molecule has 0 radical (unpaired) electrons. The summed E-state index contributed by atoms with van der Waals surface area (Å²) in [5.41, 5.74) is -0.773. The summed E-state index contributed by atoms with van der Waals surface area (Å²) in [6.07, 6.45) is 6.86. The Balaban J connectivity index is 1.54. The van der Waals surface area contributed by atoms with Crippen molar-refractivity contribution in [2.24, 2.45) is 40.4 Å². The third kappa shape index (κ3) is 4.24. The van der Waals surface area contributed by atoms with Crippen LogP contribution in [0.25, 0.3) is 0 Å². The van der Waals surface area contributed by atoms with Gasteiger partial charge in [-0.05, 0) is 85.5 Å². The fourth-order valence-electron chi connectivity index (χ4n) is 8.82. The lowest BCUT2D eigenvalue weighted by molar-refractivity contribution is -0.145. The van der Waals surface area contributed by atoms with Crippen LogP contribution in [-0.2, 0) is 22.3 Å². The molecule has 3 fully saturated rings. The maximum atomic E-state index is 13.4. The normalized spacial score (nSPS) is 37.9. The summed E-state index contributed by atoms with van der Waals surface area (Å²) >= 11 is 0. The number of hydrogen-bond donors (Lipinski definition) is 0. The quantitative estimate of drug-likeness (QED) is 0.410. The van der Waals surface area contributed by atoms with Crippen molar-refractivity contribution in [2.75, 3.05) is 13.7 Å². The van der Waals surface area contributed by atoms with Crippen LogP contribution in [0.15, 0.2) is 12.3 Å². The number of Topliss-reactive ketones (excluding diaryl/α,β-unsaturated/α-hetero) is 1. The first-order valence-electron chi connectivity index (χ1n) is 13.2. The smallest absolute Gasteiger partial charge is 0.384 e. The summed E-state index contributed by atoms with van der Waals surface area (Å²) in [4.78, 5) is 13.4. The van der Waals surface area contributed by atoms with Crippen LogP contribution in [0.3, 0.4) is 0 Å². The molecule has 0 amide bonds. The van der Waals surface area contributed by atoms with Crippen molar-refractivity contribution in [2.45, 2.75) is 91.3 Å². The van der Waals surface area contributed by atoms with Gasteiger partial charge in [0.1, 0.15) is 0 Å². The van der Waals surface area contributed by atoms with Gasteiger partial charge >= 0.3 is 6.18 Å². The average Bonchev–Trinajstić information content (AvgIpc) is 3.38. The number of alkyl halides is 3. The highest BCUT2D eigenvalue weighted by Crippen LogP contribution is 2.66. The number of ether oxygens (including phenoxy) is 1. The molecule has 0 bridgehead atoms. The first-order valence-corrected chi connectivity index (χ1v) is 13.2. The van der Waals surface area contributed by atoms with Gasteiger partial charge in [-0.1, -0.05) is 33.6 Å². The molecule has 1 aromatic rings. The highest BCUT2D eigenvalue weighted by Gasteiger charge is 2.61. The van der Waals surface area contributed by atoms with Crippen LogP contribution in [0.5, 0.6) is 0 Å². The van der Waals surface area contributed by atoms with Crippen molar-refractivity contribution in [3.05, 3.63) is 18.0 Å². The first kappa shape index (κ1) is 25.7. The molecule has 0 spiro atoms. The number of fused-ring (bicyclic) bond motifs is 3. The summed E-state index contributed by atoms with van der Waals surface area (Å²) in [7, 11) is 1.84. The van der Waals surface area contributed by atoms with Gasteiger partial charge in [0.25, 0.3) is 0 Å². The second-order valence-corrected chi connectivity index (χ2v) is 11.5. The van der Waals surface area contributed by atoms with Crippen molar-refractivity contribution in [1.29, 1.82) is 0 Å². The van der Waals surface area contributed by atoms with Gasteiger partial charge in [0.2, 0.25) is 0 Å². The fraction of sp³-hybridized carbons (Fsp3) is 0.852. The molecule has 3 aliphatic rings. The predicted octanol–water partition coefficient (Wildman–Crippen LogP) is 6.78. The summed E-state index contributed by atoms with van der Waals surface area (Å²) in [6.45, 7) is 7.65. The van der Waals surface area contributed by atoms with Gasteiger partial charge in [-0.25, -0.2) is 0 Å². The van der Waals surface area contributed by atoms with Crippen molar-refractivity contribution in [1.82, 2.24) is 9.78 Å². The van der Waals surface area contributed by atoms with Crippen molar-refractivity contribution in [3.63, 3.8) is 0 Å². The lowest BCUT2D eigenvalue weighted by atomic mass is 9.45. The van der Waals surface area contributed by atoms with Crippen molar-refractivity contribution >= 4 is 5.78 Å². The number of carbonyl (C=O) groups is 1. The molecule has 4 nitrogen and oxygen atoms in total. The highest BCUT2D eigenvalue weighted by molar-refractivity contribution is 5.82. The molecule has 192 valence electrons. The summed E-state index contributed by atoms with van der Waals surface area (Å²) < 4.78 is 45.8. The molecule has 0 saturated heterocycles. The van der Waals surface area contributed by atoms with Crippen molar-refractivity contribution < 1.29 is 22.7 Å². The monoisotopic (exact) mass is 482 g/mol. The van der Waals surface area contributed by atoms with E-state index in [1.165, 1.54) is 36.6 Å². The standard InChI is InChI=1S/C27H41F3N2O2/c1-5-13-26(17-34-4)18(6-2)7-8-19-20-9-10-22(25(20,3)14-11-21(19)26)23(33)16-32-15-12-24(31-32)27(28,29)30/h12,15,18-22H,5-11,13-14,16-17H2,1-4H3/t18?,19?,20?,21?,22-,25?,26?/m1/s1. The molecule has 6 unspecified atom stereocenters. The molecular weight excluding hydrogens is 441 g/mol. The van der Waals surface area contributed by atoms with E-state index >= 15 is 0 Å². The topological polar surface area (TPSA) is 44.1 Å². The second-order valence-electron chi connectivity index (χ2n) is 11.5. The maximum absolute atomic E-state index is 13.4. The molecule has 34 heavy (non-hydrogen) atoms. The Hall–Kier alpha value is -1.37. The van der Waals surface area contributed by atoms with E-state index in [-0.39, 0.29) is 29.1 Å². The fourth-order valence-corrected chi connectivity index (χ4v) is 8.82. The molecule has 1 aromatic heterocycles. The number of hydrogen-bond acceptors (Lipinski definition) is 3. The molecule has 0 N–H and O–H groups in total. The zero-order chi connectivity index (χ0) is 24.7. The Bertz CT molecular complexity index is 860. The van der Waals surface area contributed by atoms with E-state index in [4.69, 9.17) is 4.74 Å². The minimum Gasteiger partial charge on any atom is -0.384 e. The molecule has 4 rings (SSSR count). The van der Waals surface area contributed by atoms with E-state index in [0.717, 1.165) is 44.8 Å². The summed E-state index contributed by atoms with van der Waals surface area (Å²) in [5.74, 6) is 2.40. The molecular formula is C27H41F3N2O2. The lowest BCUT2D eigenvalue weighted by Crippen LogP contribution is -2.55. The van der Waals surface area contributed by atoms with Gasteiger partial charge in [-0.2, -0.15) is 18.3 Å². The zero-order valence-corrected chi connectivity index (χ0v) is 21.2. The Morgan fingerprint density at radius 1 is 1.18 bits per heavy atom. The van der Waals surface area contributed by atoms with Crippen LogP contribution >= 0.6 is 0 Å². The minimum absolute atomic E-state index is 0.0410. The molecule has 7 heteroatoms. The van der Waals surface area contributed by atoms with Gasteiger partial charge in [-0.3, -0.25) is 9.48 Å². The third-order valence-corrected chi connectivity index (χ3v) is 10.1. The van der Waals surface area contributed by atoms with Crippen molar-refractivity contribution in [3.8, 4) is 0 Å². The second kappa shape index (κ2) is 9.59. The average molecular weight is 483 g/mol. The van der Waals surface area contributed by atoms with E-state index in [2.05, 4.69) is 25.9 Å². The molecule has 0 aromatic carbocycles. The zero-order valence-electron chi connectivity index (χ0n) is 21.2. The van der Waals surface area contributed by atoms with Gasteiger partial charge in [0.15, 0.2) is 11.5 Å². The van der Waals surface area contributed by atoms with E-state index in [1.807, 2.05) is 7.11 Å². The van der Waals surface area contributed by atoms with E-state index in [9.17, 15) is 18.0 Å². The number of carbonyl (C=O) groups excluding carboxylic acids is 1. The molecule has 7 atom stereocenters. The Morgan fingerprint density at radius 2 is 1.94 bits per heavy atom. The SMILES string of the molecule is CCCC1(COC)C(CC)CCC2C1CCC1(C)C2CC[C@@H]1C(=O)Cn1ccc(C(F)(F)F)n1. The highest BCUT2D eigenvalue weighted by atomic mass is 19.4. The minimum atomic E-state index is -4.48. The van der Waals surface area contributed by atoms with Gasteiger partial charge < -0.3 is 4.74 Å². The number of nitrogens with zero attached hydrogens (tertiary/aromatic N) is 2. The van der Waals surface area contributed by atoms with Gasteiger partial charge in [0, 0.05) is 19.2 Å². The summed E-state index contributed by atoms with van der Waals surface area (Å²) in [5, 5.41) is 3.62. The molecule has 1 heterocycles. The number of ketones is 1. The van der Waals surface area contributed by atoms with Crippen LogP contribution in [0.2, 0.25) is 0 Å². The largest absolute Gasteiger partial charge is 0.435 e. The number of rotatable bonds is 8. The van der Waals surface area contributed by atoms with Crippen LogP contribution in [0, 0.1) is 40.4 Å². The van der Waals surface area contributed by atoms with Gasteiger partial charge in [-0.15, -0.1) is 0 Å². The number of halogens is 3. The number of methoxy groups -OCH3 is 1. The van der Waals surface area contributed by atoms with Crippen LogP contribution < -0.4 is 0 Å². The Labute approximate surface area is 202 Å². The Morgan fingerprint density at radius 3 is 2.56 bits per heavy atom. The lowest BCUT2D eigenvalue weighted by Gasteiger charge is -2.60. The molecule has 0 aliphatic heterocycles. The first-order chi connectivity index (χ1) is 16.1. The number of aromatic nitrogens is 2. The van der Waals surface area contributed by atoms with Crippen LogP contribution in [-0.4, -0.2) is 29.3 Å². The summed E-state index contributed by atoms with van der Waals surface area (Å²) in [6, 6.07) is 0.951. The van der Waals surface area contributed by atoms with E-state index in [1.54, 1.807) is 0 Å². The van der Waals surface area contributed by atoms with Gasteiger partial charge in [0.05, 0.1) is 13.2 Å². The molecule has 3 aliphatic carbocycles. The van der Waals surface area contributed by atoms with Crippen LogP contribution in [0.4, 0.5) is 13.2 Å². The van der Waals surface area contributed by atoms with E-state index in [0.29, 0.717) is 23.7 Å². The molecule has 3 saturated carbocycles. The van der Waals surface area contributed by atoms with E-state index < -0.39 is 11.9 Å².